The zero-order valence-corrected chi connectivity index (χ0v) is 13.3. The minimum Gasteiger partial charge on any atom is -0.340 e. The quantitative estimate of drug-likeness (QED) is 0.753. The second kappa shape index (κ2) is 7.08. The Balaban J connectivity index is 1.90. The molecule has 0 saturated carbocycles. The van der Waals surface area contributed by atoms with Gasteiger partial charge in [0.1, 0.15) is 11.5 Å². The Labute approximate surface area is 139 Å². The molecule has 3 rings (SSSR count). The number of amides is 1. The zero-order chi connectivity index (χ0) is 16.9. The van der Waals surface area contributed by atoms with Crippen molar-refractivity contribution in [3.05, 3.63) is 89.0 Å². The van der Waals surface area contributed by atoms with Crippen LogP contribution in [-0.4, -0.2) is 16.1 Å². The lowest BCUT2D eigenvalue weighted by molar-refractivity contribution is 0.0938. The van der Waals surface area contributed by atoms with Crippen molar-refractivity contribution in [2.45, 2.75) is 19.4 Å². The van der Waals surface area contributed by atoms with Crippen molar-refractivity contribution < 1.29 is 9.18 Å². The fourth-order valence-corrected chi connectivity index (χ4v) is 2.52. The summed E-state index contributed by atoms with van der Waals surface area (Å²) in [7, 11) is 0. The van der Waals surface area contributed by atoms with E-state index in [-0.39, 0.29) is 17.8 Å². The van der Waals surface area contributed by atoms with E-state index in [1.165, 1.54) is 12.1 Å². The smallest absolute Gasteiger partial charge is 0.272 e. The first-order valence-electron chi connectivity index (χ1n) is 7.83. The van der Waals surface area contributed by atoms with Crippen LogP contribution in [0.4, 0.5) is 4.39 Å². The lowest BCUT2D eigenvalue weighted by Gasteiger charge is -2.19. The molecule has 1 unspecified atom stereocenters. The van der Waals surface area contributed by atoms with Crippen molar-refractivity contribution in [2.24, 2.45) is 0 Å². The van der Waals surface area contributed by atoms with E-state index in [1.807, 2.05) is 37.3 Å². The monoisotopic (exact) mass is 323 g/mol. The lowest BCUT2D eigenvalue weighted by atomic mass is 9.98. The molecule has 24 heavy (non-hydrogen) atoms. The molecule has 1 amide bonds. The highest BCUT2D eigenvalue weighted by Gasteiger charge is 2.19. The maximum Gasteiger partial charge on any atom is 0.272 e. The molecule has 0 spiro atoms. The van der Waals surface area contributed by atoms with E-state index in [9.17, 15) is 9.18 Å². The number of hydrogen-bond donors (Lipinski definition) is 2. The van der Waals surface area contributed by atoms with Crippen LogP contribution < -0.4 is 5.32 Å². The van der Waals surface area contributed by atoms with Crippen LogP contribution in [0.15, 0.2) is 60.7 Å². The molecule has 122 valence electrons. The van der Waals surface area contributed by atoms with Gasteiger partial charge in [-0.05, 0) is 35.7 Å². The highest BCUT2D eigenvalue weighted by atomic mass is 19.1. The number of nitrogens with one attached hydrogen (secondary N) is 2. The second-order valence-electron chi connectivity index (χ2n) is 5.50. The summed E-state index contributed by atoms with van der Waals surface area (Å²) < 4.78 is 13.2. The third-order valence-corrected chi connectivity index (χ3v) is 3.86. The van der Waals surface area contributed by atoms with E-state index in [0.717, 1.165) is 23.2 Å². The van der Waals surface area contributed by atoms with E-state index < -0.39 is 0 Å². The molecule has 2 aromatic carbocycles. The van der Waals surface area contributed by atoms with Crippen molar-refractivity contribution in [3.8, 4) is 0 Å². The number of carbonyl (C=O) groups is 1. The number of benzene rings is 2. The van der Waals surface area contributed by atoms with E-state index >= 15 is 0 Å². The molecule has 0 fully saturated rings. The molecular formula is C19H18FN3O. The van der Waals surface area contributed by atoms with E-state index in [4.69, 9.17) is 0 Å². The average molecular weight is 323 g/mol. The molecule has 4 nitrogen and oxygen atoms in total. The predicted octanol–water partition coefficient (Wildman–Crippen LogP) is 3.63. The normalized spacial score (nSPS) is 11.9. The molecule has 0 saturated heterocycles. The number of aromatic nitrogens is 2. The van der Waals surface area contributed by atoms with Gasteiger partial charge in [0.25, 0.3) is 5.91 Å². The molecular weight excluding hydrogens is 305 g/mol. The zero-order valence-electron chi connectivity index (χ0n) is 13.3. The van der Waals surface area contributed by atoms with Gasteiger partial charge in [-0.3, -0.25) is 9.89 Å². The van der Waals surface area contributed by atoms with Crippen molar-refractivity contribution >= 4 is 5.91 Å². The van der Waals surface area contributed by atoms with Gasteiger partial charge in [0.15, 0.2) is 0 Å². The fourth-order valence-electron chi connectivity index (χ4n) is 2.52. The van der Waals surface area contributed by atoms with Crippen LogP contribution >= 0.6 is 0 Å². The van der Waals surface area contributed by atoms with Gasteiger partial charge < -0.3 is 5.32 Å². The largest absolute Gasteiger partial charge is 0.340 e. The summed E-state index contributed by atoms with van der Waals surface area (Å²) >= 11 is 0. The van der Waals surface area contributed by atoms with Crippen molar-refractivity contribution in [1.82, 2.24) is 15.5 Å². The van der Waals surface area contributed by atoms with Gasteiger partial charge >= 0.3 is 0 Å². The van der Waals surface area contributed by atoms with Gasteiger partial charge in [-0.1, -0.05) is 49.4 Å². The molecule has 0 aliphatic carbocycles. The summed E-state index contributed by atoms with van der Waals surface area (Å²) in [4.78, 5) is 12.5. The maximum atomic E-state index is 13.2. The highest BCUT2D eigenvalue weighted by molar-refractivity contribution is 5.92. The number of hydrogen-bond acceptors (Lipinski definition) is 2. The first-order valence-corrected chi connectivity index (χ1v) is 7.83. The topological polar surface area (TPSA) is 57.8 Å². The molecule has 0 radical (unpaired) electrons. The first-order chi connectivity index (χ1) is 11.7. The number of aryl methyl sites for hydroxylation is 1. The molecule has 1 aromatic heterocycles. The summed E-state index contributed by atoms with van der Waals surface area (Å²) in [5, 5.41) is 9.86. The third-order valence-electron chi connectivity index (χ3n) is 3.86. The minimum absolute atomic E-state index is 0.274. The molecule has 2 N–H and O–H groups in total. The van der Waals surface area contributed by atoms with Gasteiger partial charge in [-0.2, -0.15) is 5.10 Å². The predicted molar refractivity (Wildman–Crippen MR) is 90.1 cm³/mol. The third kappa shape index (κ3) is 3.51. The Hall–Kier alpha value is -2.95. The van der Waals surface area contributed by atoms with Gasteiger partial charge in [-0.25, -0.2) is 4.39 Å². The van der Waals surface area contributed by atoms with Crippen molar-refractivity contribution in [1.29, 1.82) is 0 Å². The highest BCUT2D eigenvalue weighted by Crippen LogP contribution is 2.22. The summed E-state index contributed by atoms with van der Waals surface area (Å²) in [5.41, 5.74) is 2.97. The number of rotatable bonds is 5. The van der Waals surface area contributed by atoms with E-state index in [2.05, 4.69) is 15.5 Å². The number of nitrogens with zero attached hydrogens (tertiary/aromatic N) is 1. The molecule has 0 aliphatic heterocycles. The van der Waals surface area contributed by atoms with Crippen LogP contribution in [0.5, 0.6) is 0 Å². The van der Waals surface area contributed by atoms with Gasteiger partial charge in [0, 0.05) is 5.69 Å². The van der Waals surface area contributed by atoms with Gasteiger partial charge in [0.05, 0.1) is 6.04 Å². The molecule has 0 aliphatic rings. The number of H-pyrrole nitrogens is 1. The summed E-state index contributed by atoms with van der Waals surface area (Å²) in [6.07, 6.45) is 0.778. The van der Waals surface area contributed by atoms with E-state index in [0.29, 0.717) is 5.69 Å². The van der Waals surface area contributed by atoms with Crippen LogP contribution in [-0.2, 0) is 6.42 Å². The SMILES string of the molecule is CCc1cc(C(=O)NC(c2ccccc2)c2ccc(F)cc2)n[nH]1. The van der Waals surface area contributed by atoms with Gasteiger partial charge in [-0.15, -0.1) is 0 Å². The average Bonchev–Trinajstić information content (AvgIpc) is 3.10. The number of aromatic amines is 1. The summed E-state index contributed by atoms with van der Waals surface area (Å²) in [5.74, 6) is -0.582. The van der Waals surface area contributed by atoms with E-state index in [1.54, 1.807) is 18.2 Å². The number of halogens is 1. The molecule has 1 heterocycles. The van der Waals surface area contributed by atoms with Crippen LogP contribution in [0.3, 0.4) is 0 Å². The standard InChI is InChI=1S/C19H18FN3O/c1-2-16-12-17(23-22-16)19(24)21-18(13-6-4-3-5-7-13)14-8-10-15(20)11-9-14/h3-12,18H,2H2,1H3,(H,21,24)(H,22,23). The molecule has 0 bridgehead atoms. The summed E-state index contributed by atoms with van der Waals surface area (Å²) in [6, 6.07) is 17.1. The Morgan fingerprint density at radius 1 is 1.12 bits per heavy atom. The van der Waals surface area contributed by atoms with Gasteiger partial charge in [0.2, 0.25) is 0 Å². The lowest BCUT2D eigenvalue weighted by Crippen LogP contribution is -2.29. The summed E-state index contributed by atoms with van der Waals surface area (Å²) in [6.45, 7) is 1.99. The van der Waals surface area contributed by atoms with Crippen LogP contribution in [0.2, 0.25) is 0 Å². The Morgan fingerprint density at radius 3 is 2.42 bits per heavy atom. The Bertz CT molecular complexity index is 812. The molecule has 5 heteroatoms. The Morgan fingerprint density at radius 2 is 1.79 bits per heavy atom. The number of carbonyl (C=O) groups excluding carboxylic acids is 1. The Kier molecular flexibility index (Phi) is 4.70. The van der Waals surface area contributed by atoms with Crippen LogP contribution in [0.25, 0.3) is 0 Å². The molecule has 1 atom stereocenters. The van der Waals surface area contributed by atoms with Crippen LogP contribution in [0.1, 0.15) is 40.3 Å². The molecule has 3 aromatic rings. The second-order valence-corrected chi connectivity index (χ2v) is 5.50. The maximum absolute atomic E-state index is 13.2. The van der Waals surface area contributed by atoms with Crippen molar-refractivity contribution in [3.63, 3.8) is 0 Å². The minimum atomic E-state index is -0.374. The first kappa shape index (κ1) is 15.9. The van der Waals surface area contributed by atoms with Crippen molar-refractivity contribution in [2.75, 3.05) is 0 Å². The van der Waals surface area contributed by atoms with Crippen LogP contribution in [0, 0.1) is 5.82 Å². The fraction of sp³-hybridized carbons (Fsp3) is 0.158.